The number of rotatable bonds is 7. The van der Waals surface area contributed by atoms with Gasteiger partial charge in [0.2, 0.25) is 0 Å². The van der Waals surface area contributed by atoms with Crippen LogP contribution in [0.4, 0.5) is 0 Å². The SMILES string of the molecule is CC.CC(C)Oc1cc(OCC2C(C)CCC3C(C)(C)CCCC23C)cc(OC(C)C)c1.CP. The largest absolute Gasteiger partial charge is 0.493 e. The highest BCUT2D eigenvalue weighted by molar-refractivity contribution is 7.15. The zero-order chi connectivity index (χ0) is 26.1. The summed E-state index contributed by atoms with van der Waals surface area (Å²) in [5, 5.41) is 0. The molecule has 0 radical (unpaired) electrons. The molecule has 5 unspecified atom stereocenters. The summed E-state index contributed by atoms with van der Waals surface area (Å²) in [7, 11) is 2.42. The van der Waals surface area contributed by atoms with Gasteiger partial charge in [-0.05, 0) is 76.0 Å². The number of hydrogen-bond acceptors (Lipinski definition) is 3. The van der Waals surface area contributed by atoms with Crippen LogP contribution in [0.3, 0.4) is 0 Å². The molecule has 0 aliphatic heterocycles. The zero-order valence-corrected chi connectivity index (χ0v) is 25.3. The highest BCUT2D eigenvalue weighted by Gasteiger charge is 2.53. The van der Waals surface area contributed by atoms with E-state index in [0.29, 0.717) is 22.7 Å². The molecule has 2 aliphatic rings. The predicted octanol–water partition coefficient (Wildman–Crippen LogP) is 9.04. The molecule has 0 spiro atoms. The topological polar surface area (TPSA) is 27.7 Å². The van der Waals surface area contributed by atoms with Gasteiger partial charge in [-0.1, -0.05) is 54.6 Å². The lowest BCUT2D eigenvalue weighted by Crippen LogP contribution is -2.52. The molecule has 0 saturated heterocycles. The van der Waals surface area contributed by atoms with E-state index in [1.54, 1.807) is 0 Å². The minimum Gasteiger partial charge on any atom is -0.493 e. The molecule has 0 N–H and O–H groups in total. The number of ether oxygens (including phenoxy) is 3. The maximum Gasteiger partial charge on any atom is 0.127 e. The van der Waals surface area contributed by atoms with E-state index < -0.39 is 0 Å². The van der Waals surface area contributed by atoms with Crippen LogP contribution in [0, 0.1) is 28.6 Å². The Morgan fingerprint density at radius 1 is 0.853 bits per heavy atom. The highest BCUT2D eigenvalue weighted by Crippen LogP contribution is 2.61. The van der Waals surface area contributed by atoms with Gasteiger partial charge in [-0.15, -0.1) is 9.24 Å². The molecule has 2 fully saturated rings. The van der Waals surface area contributed by atoms with E-state index in [2.05, 4.69) is 36.9 Å². The molecular weight excluding hydrogens is 439 g/mol. The van der Waals surface area contributed by atoms with Gasteiger partial charge in [0.15, 0.2) is 0 Å². The van der Waals surface area contributed by atoms with Crippen LogP contribution in [-0.2, 0) is 0 Å². The van der Waals surface area contributed by atoms with Crippen molar-refractivity contribution in [2.24, 2.45) is 28.6 Å². The van der Waals surface area contributed by atoms with Crippen LogP contribution < -0.4 is 14.2 Å². The summed E-state index contributed by atoms with van der Waals surface area (Å²) in [5.41, 5.74) is 0.803. The molecule has 4 heteroatoms. The van der Waals surface area contributed by atoms with Gasteiger partial charge < -0.3 is 14.2 Å². The number of benzene rings is 1. The molecule has 1 aromatic rings. The maximum absolute atomic E-state index is 6.48. The van der Waals surface area contributed by atoms with Crippen molar-refractivity contribution in [2.75, 3.05) is 13.3 Å². The quantitative estimate of drug-likeness (QED) is 0.354. The van der Waals surface area contributed by atoms with Crippen LogP contribution in [0.15, 0.2) is 18.2 Å². The fourth-order valence-electron chi connectivity index (χ4n) is 6.46. The van der Waals surface area contributed by atoms with Crippen LogP contribution in [0.2, 0.25) is 0 Å². The normalized spacial score (nSPS) is 27.5. The van der Waals surface area contributed by atoms with Crippen molar-refractivity contribution in [1.29, 1.82) is 0 Å². The first kappa shape index (κ1) is 31.1. The summed E-state index contributed by atoms with van der Waals surface area (Å²) in [6.07, 6.45) is 6.95. The van der Waals surface area contributed by atoms with E-state index in [1.165, 1.54) is 32.1 Å². The maximum atomic E-state index is 6.48. The minimum atomic E-state index is 0.120. The third-order valence-electron chi connectivity index (χ3n) is 7.75. The van der Waals surface area contributed by atoms with Gasteiger partial charge in [0, 0.05) is 24.1 Å². The monoisotopic (exact) mass is 494 g/mol. The molecule has 2 aliphatic carbocycles. The Bertz CT molecular complexity index is 687. The van der Waals surface area contributed by atoms with Crippen molar-refractivity contribution in [3.05, 3.63) is 18.2 Å². The Hall–Kier alpha value is -0.950. The molecule has 0 amide bonds. The Morgan fingerprint density at radius 3 is 1.85 bits per heavy atom. The second-order valence-electron chi connectivity index (χ2n) is 11.3. The Kier molecular flexibility index (Phi) is 12.8. The molecule has 5 atom stereocenters. The van der Waals surface area contributed by atoms with E-state index in [9.17, 15) is 0 Å². The van der Waals surface area contributed by atoms with Crippen molar-refractivity contribution in [3.8, 4) is 17.2 Å². The molecule has 3 nitrogen and oxygen atoms in total. The standard InChI is InChI=1S/C27H44O3.C2H6.CH5P/c1-18(2)29-22-14-21(15-23(16-22)30-19(3)4)28-17-24-20(5)10-11-25-26(6,7)12-9-13-27(24,25)8;2*1-2/h14-16,18-20,24-25H,9-13,17H2,1-8H3;1-2H3;2H2,1H3. The Labute approximate surface area is 214 Å². The average Bonchev–Trinajstić information content (AvgIpc) is 2.74. The van der Waals surface area contributed by atoms with Crippen LogP contribution in [0.25, 0.3) is 0 Å². The van der Waals surface area contributed by atoms with E-state index in [-0.39, 0.29) is 12.2 Å². The number of fused-ring (bicyclic) bond motifs is 1. The lowest BCUT2D eigenvalue weighted by molar-refractivity contribution is -0.105. The summed E-state index contributed by atoms with van der Waals surface area (Å²) in [4.78, 5) is 0. The molecule has 0 aromatic heterocycles. The van der Waals surface area contributed by atoms with Crippen molar-refractivity contribution in [1.82, 2.24) is 0 Å². The second-order valence-corrected chi connectivity index (χ2v) is 11.3. The van der Waals surface area contributed by atoms with Gasteiger partial charge in [0.25, 0.3) is 0 Å². The second kappa shape index (κ2) is 14.0. The molecule has 34 heavy (non-hydrogen) atoms. The molecule has 198 valence electrons. The average molecular weight is 495 g/mol. The van der Waals surface area contributed by atoms with Crippen LogP contribution >= 0.6 is 9.24 Å². The first-order valence-electron chi connectivity index (χ1n) is 13.7. The van der Waals surface area contributed by atoms with Crippen LogP contribution in [-0.4, -0.2) is 25.5 Å². The first-order valence-corrected chi connectivity index (χ1v) is 14.9. The van der Waals surface area contributed by atoms with Crippen molar-refractivity contribution < 1.29 is 14.2 Å². The Balaban J connectivity index is 0.00000137. The van der Waals surface area contributed by atoms with Gasteiger partial charge in [0.1, 0.15) is 17.2 Å². The zero-order valence-electron chi connectivity index (χ0n) is 24.2. The van der Waals surface area contributed by atoms with Gasteiger partial charge in [0.05, 0.1) is 18.8 Å². The van der Waals surface area contributed by atoms with Crippen molar-refractivity contribution >= 4 is 9.24 Å². The molecule has 3 rings (SSSR count). The van der Waals surface area contributed by atoms with E-state index in [1.807, 2.05) is 66.4 Å². The van der Waals surface area contributed by atoms with Crippen molar-refractivity contribution in [2.45, 2.75) is 114 Å². The van der Waals surface area contributed by atoms with E-state index in [0.717, 1.165) is 29.8 Å². The third kappa shape index (κ3) is 8.04. The van der Waals surface area contributed by atoms with Crippen LogP contribution in [0.5, 0.6) is 17.2 Å². The lowest BCUT2D eigenvalue weighted by atomic mass is 9.47. The van der Waals surface area contributed by atoms with Crippen molar-refractivity contribution in [3.63, 3.8) is 0 Å². The predicted molar refractivity (Wildman–Crippen MR) is 152 cm³/mol. The highest BCUT2D eigenvalue weighted by atomic mass is 31.0. The molecule has 1 aromatic carbocycles. The summed E-state index contributed by atoms with van der Waals surface area (Å²) >= 11 is 0. The summed E-state index contributed by atoms with van der Waals surface area (Å²) in [5.74, 6) is 4.56. The van der Waals surface area contributed by atoms with E-state index >= 15 is 0 Å². The van der Waals surface area contributed by atoms with Gasteiger partial charge >= 0.3 is 0 Å². The third-order valence-corrected chi connectivity index (χ3v) is 7.75. The molecule has 2 saturated carbocycles. The first-order chi connectivity index (χ1) is 16.0. The number of hydrogen-bond donors (Lipinski definition) is 0. The minimum absolute atomic E-state index is 0.120. The summed E-state index contributed by atoms with van der Waals surface area (Å²) in [6, 6.07) is 6.01. The summed E-state index contributed by atoms with van der Waals surface area (Å²) < 4.78 is 18.4. The van der Waals surface area contributed by atoms with E-state index in [4.69, 9.17) is 14.2 Å². The fourth-order valence-corrected chi connectivity index (χ4v) is 6.46. The van der Waals surface area contributed by atoms with Gasteiger partial charge in [-0.3, -0.25) is 0 Å². The Morgan fingerprint density at radius 2 is 1.35 bits per heavy atom. The summed E-state index contributed by atoms with van der Waals surface area (Å²) in [6.45, 7) is 24.8. The van der Waals surface area contributed by atoms with Gasteiger partial charge in [-0.2, -0.15) is 0 Å². The lowest BCUT2D eigenvalue weighted by Gasteiger charge is -2.59. The molecular formula is C30H55O3P. The fraction of sp³-hybridized carbons (Fsp3) is 0.800. The molecule has 0 bridgehead atoms. The van der Waals surface area contributed by atoms with Gasteiger partial charge in [-0.25, -0.2) is 0 Å². The van der Waals surface area contributed by atoms with Crippen LogP contribution in [0.1, 0.15) is 101 Å². The molecule has 0 heterocycles. The smallest absolute Gasteiger partial charge is 0.127 e.